The second-order valence-electron chi connectivity index (χ2n) is 8.22. The van der Waals surface area contributed by atoms with Crippen LogP contribution in [0.15, 0.2) is 53.4 Å². The van der Waals surface area contributed by atoms with Gasteiger partial charge in [-0.2, -0.15) is 0 Å². The van der Waals surface area contributed by atoms with E-state index in [2.05, 4.69) is 5.32 Å². The van der Waals surface area contributed by atoms with Gasteiger partial charge in [0.25, 0.3) is 0 Å². The van der Waals surface area contributed by atoms with Crippen molar-refractivity contribution in [2.45, 2.75) is 69.0 Å². The summed E-state index contributed by atoms with van der Waals surface area (Å²) in [7, 11) is 0. The van der Waals surface area contributed by atoms with E-state index in [1.54, 1.807) is 35.7 Å². The molecule has 2 amide bonds. The topological polar surface area (TPSA) is 49.4 Å². The van der Waals surface area contributed by atoms with Gasteiger partial charge in [-0.15, -0.1) is 11.8 Å². The average molecular weight is 477 g/mol. The molecule has 0 aliphatic heterocycles. The lowest BCUT2D eigenvalue weighted by Gasteiger charge is -2.30. The van der Waals surface area contributed by atoms with E-state index in [1.807, 2.05) is 24.3 Å². The molecule has 32 heavy (non-hydrogen) atoms. The molecule has 7 heteroatoms. The minimum atomic E-state index is -0.586. The third kappa shape index (κ3) is 7.52. The van der Waals surface area contributed by atoms with Crippen molar-refractivity contribution in [1.82, 2.24) is 10.2 Å². The van der Waals surface area contributed by atoms with Crippen LogP contribution in [0.25, 0.3) is 0 Å². The summed E-state index contributed by atoms with van der Waals surface area (Å²) in [6, 6.07) is 13.3. The van der Waals surface area contributed by atoms with Gasteiger partial charge in [-0.1, -0.05) is 36.6 Å². The molecule has 2 aromatic carbocycles. The van der Waals surface area contributed by atoms with E-state index in [1.165, 1.54) is 12.1 Å². The molecule has 172 valence electrons. The Morgan fingerprint density at radius 3 is 2.44 bits per heavy atom. The van der Waals surface area contributed by atoms with Crippen LogP contribution in [0.5, 0.6) is 0 Å². The van der Waals surface area contributed by atoms with Gasteiger partial charge < -0.3 is 10.2 Å². The van der Waals surface area contributed by atoms with Crippen molar-refractivity contribution in [3.05, 3.63) is 64.9 Å². The normalized spacial score (nSPS) is 14.8. The van der Waals surface area contributed by atoms with Crippen LogP contribution in [0.1, 0.15) is 51.0 Å². The van der Waals surface area contributed by atoms with Crippen molar-refractivity contribution in [3.63, 3.8) is 0 Å². The molecule has 1 saturated carbocycles. The Balaban J connectivity index is 1.59. The minimum Gasteiger partial charge on any atom is -0.352 e. The number of hydrogen-bond donors (Lipinski definition) is 1. The first-order chi connectivity index (χ1) is 15.4. The maximum atomic E-state index is 13.3. The minimum absolute atomic E-state index is 0.0693. The van der Waals surface area contributed by atoms with Crippen LogP contribution in [0.4, 0.5) is 4.39 Å². The monoisotopic (exact) mass is 476 g/mol. The predicted molar refractivity (Wildman–Crippen MR) is 128 cm³/mol. The maximum absolute atomic E-state index is 13.3. The zero-order chi connectivity index (χ0) is 22.9. The summed E-state index contributed by atoms with van der Waals surface area (Å²) in [5.41, 5.74) is 0.802. The lowest BCUT2D eigenvalue weighted by molar-refractivity contribution is -0.140. The lowest BCUT2D eigenvalue weighted by Crippen LogP contribution is -2.49. The van der Waals surface area contributed by atoms with Crippen LogP contribution in [0, 0.1) is 5.82 Å². The van der Waals surface area contributed by atoms with Crippen molar-refractivity contribution in [2.75, 3.05) is 5.75 Å². The second kappa shape index (κ2) is 12.3. The summed E-state index contributed by atoms with van der Waals surface area (Å²) in [5, 5.41) is 3.79. The Morgan fingerprint density at radius 1 is 1.12 bits per heavy atom. The van der Waals surface area contributed by atoms with Crippen LogP contribution in [-0.4, -0.2) is 34.6 Å². The van der Waals surface area contributed by atoms with Gasteiger partial charge in [0.2, 0.25) is 11.8 Å². The largest absolute Gasteiger partial charge is 0.352 e. The molecule has 0 aromatic heterocycles. The number of halogens is 2. The fourth-order valence-electron chi connectivity index (χ4n) is 3.85. The molecule has 1 aliphatic rings. The third-order valence-corrected chi connectivity index (χ3v) is 7.10. The smallest absolute Gasteiger partial charge is 0.242 e. The SMILES string of the molecule is C[C@@H](C(=O)NC1CCCC1)N(Cc1ccc(F)cc1)C(=O)CCCSc1ccc(Cl)cc1. The molecule has 0 bridgehead atoms. The highest BCUT2D eigenvalue weighted by Crippen LogP contribution is 2.22. The van der Waals surface area contributed by atoms with Crippen LogP contribution in [-0.2, 0) is 16.1 Å². The molecule has 1 fully saturated rings. The average Bonchev–Trinajstić information content (AvgIpc) is 3.30. The fourth-order valence-corrected chi connectivity index (χ4v) is 4.83. The van der Waals surface area contributed by atoms with Gasteiger partial charge in [-0.05, 0) is 73.9 Å². The number of benzene rings is 2. The molecule has 0 radical (unpaired) electrons. The summed E-state index contributed by atoms with van der Waals surface area (Å²) < 4.78 is 13.3. The first-order valence-electron chi connectivity index (χ1n) is 11.1. The first-order valence-corrected chi connectivity index (χ1v) is 12.5. The summed E-state index contributed by atoms with van der Waals surface area (Å²) in [4.78, 5) is 28.7. The van der Waals surface area contributed by atoms with E-state index < -0.39 is 6.04 Å². The highest BCUT2D eigenvalue weighted by molar-refractivity contribution is 7.99. The van der Waals surface area contributed by atoms with Crippen molar-refractivity contribution < 1.29 is 14.0 Å². The Labute approximate surface area is 198 Å². The molecule has 1 atom stereocenters. The van der Waals surface area contributed by atoms with Crippen molar-refractivity contribution in [1.29, 1.82) is 0 Å². The van der Waals surface area contributed by atoms with Gasteiger partial charge in [-0.3, -0.25) is 9.59 Å². The summed E-state index contributed by atoms with van der Waals surface area (Å²) >= 11 is 7.59. The van der Waals surface area contributed by atoms with Crippen molar-refractivity contribution in [2.24, 2.45) is 0 Å². The van der Waals surface area contributed by atoms with Crippen LogP contribution in [0.3, 0.4) is 0 Å². The van der Waals surface area contributed by atoms with Gasteiger partial charge in [0, 0.05) is 28.9 Å². The van der Waals surface area contributed by atoms with Gasteiger partial charge >= 0.3 is 0 Å². The maximum Gasteiger partial charge on any atom is 0.242 e. The zero-order valence-electron chi connectivity index (χ0n) is 18.4. The van der Waals surface area contributed by atoms with E-state index in [4.69, 9.17) is 11.6 Å². The standard InChI is InChI=1S/C25H30ClFN2O2S/c1-18(25(31)28-22-5-2-3-6-22)29(17-19-8-12-21(27)13-9-19)24(30)7-4-16-32-23-14-10-20(26)11-15-23/h8-15,18,22H,2-7,16-17H2,1H3,(H,28,31)/t18-/m0/s1. The predicted octanol–water partition coefficient (Wildman–Crippen LogP) is 5.83. The highest BCUT2D eigenvalue weighted by Gasteiger charge is 2.28. The summed E-state index contributed by atoms with van der Waals surface area (Å²) in [5.74, 6) is 0.279. The van der Waals surface area contributed by atoms with E-state index in [-0.39, 0.29) is 30.2 Å². The Kier molecular flexibility index (Phi) is 9.42. The number of hydrogen-bond acceptors (Lipinski definition) is 3. The molecule has 0 spiro atoms. The number of nitrogens with one attached hydrogen (secondary N) is 1. The molecule has 0 saturated heterocycles. The first kappa shape index (κ1) is 24.6. The third-order valence-electron chi connectivity index (χ3n) is 5.75. The van der Waals surface area contributed by atoms with E-state index in [9.17, 15) is 14.0 Å². The number of nitrogens with zero attached hydrogens (tertiary/aromatic N) is 1. The molecule has 2 aromatic rings. The molecule has 1 aliphatic carbocycles. The van der Waals surface area contributed by atoms with Crippen molar-refractivity contribution >= 4 is 35.2 Å². The van der Waals surface area contributed by atoms with Gasteiger partial charge in [-0.25, -0.2) is 4.39 Å². The Morgan fingerprint density at radius 2 is 1.78 bits per heavy atom. The zero-order valence-corrected chi connectivity index (χ0v) is 19.9. The van der Waals surface area contributed by atoms with Crippen LogP contribution < -0.4 is 5.32 Å². The van der Waals surface area contributed by atoms with Gasteiger partial charge in [0.1, 0.15) is 11.9 Å². The van der Waals surface area contributed by atoms with Crippen LogP contribution >= 0.6 is 23.4 Å². The van der Waals surface area contributed by atoms with Gasteiger partial charge in [0.15, 0.2) is 0 Å². The summed E-state index contributed by atoms with van der Waals surface area (Å²) in [6.07, 6.45) is 5.29. The number of carbonyl (C=O) groups excluding carboxylic acids is 2. The Hall–Kier alpha value is -2.05. The number of amides is 2. The van der Waals surface area contributed by atoms with E-state index >= 15 is 0 Å². The van der Waals surface area contributed by atoms with Gasteiger partial charge in [0.05, 0.1) is 0 Å². The molecule has 3 rings (SSSR count). The van der Waals surface area contributed by atoms with Crippen LogP contribution in [0.2, 0.25) is 5.02 Å². The molecule has 0 unspecified atom stereocenters. The Bertz CT molecular complexity index is 886. The summed E-state index contributed by atoms with van der Waals surface area (Å²) in [6.45, 7) is 2.05. The molecular formula is C25H30ClFN2O2S. The second-order valence-corrected chi connectivity index (χ2v) is 9.82. The molecule has 0 heterocycles. The fraction of sp³-hybridized carbons (Fsp3) is 0.440. The molecular weight excluding hydrogens is 447 g/mol. The molecule has 1 N–H and O–H groups in total. The quantitative estimate of drug-likeness (QED) is 0.347. The lowest BCUT2D eigenvalue weighted by atomic mass is 10.1. The molecule has 4 nitrogen and oxygen atoms in total. The number of rotatable bonds is 10. The van der Waals surface area contributed by atoms with Crippen molar-refractivity contribution in [3.8, 4) is 0 Å². The highest BCUT2D eigenvalue weighted by atomic mass is 35.5. The number of carbonyl (C=O) groups is 2. The van der Waals surface area contributed by atoms with E-state index in [0.717, 1.165) is 41.9 Å². The number of thioether (sulfide) groups is 1. The van der Waals surface area contributed by atoms with E-state index in [0.29, 0.717) is 17.9 Å².